The molecule has 0 spiro atoms. The first kappa shape index (κ1) is 13.8. The van der Waals surface area contributed by atoms with Gasteiger partial charge in [-0.05, 0) is 48.2 Å². The van der Waals surface area contributed by atoms with Crippen LogP contribution < -0.4 is 5.32 Å². The van der Waals surface area contributed by atoms with E-state index in [1.54, 1.807) is 24.3 Å². The van der Waals surface area contributed by atoms with Crippen molar-refractivity contribution < 1.29 is 9.59 Å². The number of rotatable bonds is 3. The Balaban J connectivity index is 1.79. The molecule has 106 valence electrons. The van der Waals surface area contributed by atoms with Crippen LogP contribution in [-0.4, -0.2) is 17.1 Å². The van der Waals surface area contributed by atoms with Gasteiger partial charge in [-0.2, -0.15) is 0 Å². The van der Waals surface area contributed by atoms with Crippen molar-refractivity contribution in [2.24, 2.45) is 0 Å². The Morgan fingerprint density at radius 1 is 1.00 bits per heavy atom. The molecule has 1 aliphatic rings. The summed E-state index contributed by atoms with van der Waals surface area (Å²) >= 11 is 5.40. The van der Waals surface area contributed by atoms with Gasteiger partial charge in [-0.1, -0.05) is 30.3 Å². The van der Waals surface area contributed by atoms with Crippen molar-refractivity contribution in [1.29, 1.82) is 0 Å². The minimum atomic E-state index is -0.515. The lowest BCUT2D eigenvalue weighted by atomic mass is 9.92. The summed E-state index contributed by atoms with van der Waals surface area (Å²) in [5.74, 6) is 0.0399. The number of anilines is 1. The third kappa shape index (κ3) is 2.83. The molecule has 1 atom stereocenters. The summed E-state index contributed by atoms with van der Waals surface area (Å²) < 4.78 is 0. The highest BCUT2D eigenvalue weighted by Crippen LogP contribution is 2.26. The highest BCUT2D eigenvalue weighted by molar-refractivity contribution is 6.67. The third-order valence-corrected chi connectivity index (χ3v) is 3.98. The van der Waals surface area contributed by atoms with Gasteiger partial charge in [0.2, 0.25) is 0 Å². The number of benzene rings is 2. The lowest BCUT2D eigenvalue weighted by Crippen LogP contribution is -2.33. The van der Waals surface area contributed by atoms with E-state index in [1.807, 2.05) is 18.2 Å². The number of aryl methyl sites for hydroxylation is 1. The van der Waals surface area contributed by atoms with E-state index in [9.17, 15) is 9.59 Å². The van der Waals surface area contributed by atoms with E-state index in [1.165, 1.54) is 5.56 Å². The van der Waals surface area contributed by atoms with Gasteiger partial charge in [-0.25, -0.2) is 0 Å². The number of fused-ring (bicyclic) bond motifs is 1. The van der Waals surface area contributed by atoms with Gasteiger partial charge in [0.05, 0.1) is 6.04 Å². The molecule has 1 heterocycles. The lowest BCUT2D eigenvalue weighted by molar-refractivity contribution is 0.0963. The van der Waals surface area contributed by atoms with Crippen molar-refractivity contribution in [2.75, 3.05) is 5.32 Å². The third-order valence-electron chi connectivity index (χ3n) is 3.76. The van der Waals surface area contributed by atoms with Crippen LogP contribution in [0.5, 0.6) is 0 Å². The molecule has 3 nitrogen and oxygen atoms in total. The molecule has 0 saturated heterocycles. The number of para-hydroxylation sites is 1. The summed E-state index contributed by atoms with van der Waals surface area (Å²) in [6.07, 6.45) is 1.66. The largest absolute Gasteiger partial charge is 0.375 e. The molecule has 3 rings (SSSR count). The number of ketones is 1. The number of halogens is 1. The summed E-state index contributed by atoms with van der Waals surface area (Å²) in [6.45, 7) is 0. The molecular formula is C17H14ClNO2. The van der Waals surface area contributed by atoms with E-state index in [2.05, 4.69) is 11.4 Å². The number of Topliss-reactive ketones (excluding diaryl/α,β-unsaturated/α-hetero) is 1. The molecule has 1 N–H and O–H groups in total. The second-order valence-electron chi connectivity index (χ2n) is 5.11. The zero-order chi connectivity index (χ0) is 14.8. The topological polar surface area (TPSA) is 46.2 Å². The van der Waals surface area contributed by atoms with Crippen molar-refractivity contribution in [3.8, 4) is 0 Å². The standard InChI is InChI=1S/C17H14ClNO2/c18-17(21)13-7-5-12(6-8-13)16(20)15-10-9-11-3-1-2-4-14(11)19-15/h1-8,15,19H,9-10H2. The van der Waals surface area contributed by atoms with Crippen LogP contribution in [0.4, 0.5) is 5.69 Å². The van der Waals surface area contributed by atoms with Crippen LogP contribution in [0.2, 0.25) is 0 Å². The van der Waals surface area contributed by atoms with Crippen LogP contribution in [0.25, 0.3) is 0 Å². The number of carbonyl (C=O) groups excluding carboxylic acids is 2. The smallest absolute Gasteiger partial charge is 0.252 e. The zero-order valence-electron chi connectivity index (χ0n) is 11.3. The average molecular weight is 300 g/mol. The van der Waals surface area contributed by atoms with Gasteiger partial charge in [0.25, 0.3) is 5.24 Å². The van der Waals surface area contributed by atoms with Crippen LogP contribution in [0.15, 0.2) is 48.5 Å². The van der Waals surface area contributed by atoms with Crippen molar-refractivity contribution >= 4 is 28.3 Å². The SMILES string of the molecule is O=C(Cl)c1ccc(C(=O)C2CCc3ccccc3N2)cc1. The predicted molar refractivity (Wildman–Crippen MR) is 83.1 cm³/mol. The minimum Gasteiger partial charge on any atom is -0.375 e. The first-order valence-electron chi connectivity index (χ1n) is 6.84. The van der Waals surface area contributed by atoms with Gasteiger partial charge >= 0.3 is 0 Å². The molecule has 2 aromatic carbocycles. The average Bonchev–Trinajstić information content (AvgIpc) is 2.54. The second-order valence-corrected chi connectivity index (χ2v) is 5.45. The van der Waals surface area contributed by atoms with Gasteiger partial charge in [0, 0.05) is 16.8 Å². The maximum absolute atomic E-state index is 12.5. The first-order valence-corrected chi connectivity index (χ1v) is 7.21. The normalized spacial score (nSPS) is 16.7. The maximum Gasteiger partial charge on any atom is 0.252 e. The molecule has 1 unspecified atom stereocenters. The highest BCUT2D eigenvalue weighted by Gasteiger charge is 2.24. The molecule has 0 amide bonds. The molecule has 2 aromatic rings. The molecule has 0 aromatic heterocycles. The zero-order valence-corrected chi connectivity index (χ0v) is 12.1. The molecule has 21 heavy (non-hydrogen) atoms. The van der Waals surface area contributed by atoms with Crippen molar-refractivity contribution in [1.82, 2.24) is 0 Å². The Morgan fingerprint density at radius 3 is 2.38 bits per heavy atom. The maximum atomic E-state index is 12.5. The molecule has 0 bridgehead atoms. The molecule has 0 radical (unpaired) electrons. The minimum absolute atomic E-state index is 0.0399. The number of hydrogen-bond donors (Lipinski definition) is 1. The predicted octanol–water partition coefficient (Wildman–Crippen LogP) is 3.68. The van der Waals surface area contributed by atoms with Crippen LogP contribution in [-0.2, 0) is 6.42 Å². The van der Waals surface area contributed by atoms with Gasteiger partial charge in [-0.3, -0.25) is 9.59 Å². The number of nitrogens with one attached hydrogen (secondary N) is 1. The molecule has 0 saturated carbocycles. The van der Waals surface area contributed by atoms with E-state index in [4.69, 9.17) is 11.6 Å². The summed E-state index contributed by atoms with van der Waals surface area (Å²) in [7, 11) is 0. The van der Waals surface area contributed by atoms with Crippen LogP contribution in [0, 0.1) is 0 Å². The van der Waals surface area contributed by atoms with Gasteiger partial charge < -0.3 is 5.32 Å². The fraction of sp³-hybridized carbons (Fsp3) is 0.176. The molecule has 1 aliphatic heterocycles. The first-order chi connectivity index (χ1) is 10.1. The Morgan fingerprint density at radius 2 is 1.67 bits per heavy atom. The number of carbonyl (C=O) groups is 2. The van der Waals surface area contributed by atoms with Crippen molar-refractivity contribution in [3.05, 3.63) is 65.2 Å². The van der Waals surface area contributed by atoms with Gasteiger partial charge in [-0.15, -0.1) is 0 Å². The van der Waals surface area contributed by atoms with Gasteiger partial charge in [0.1, 0.15) is 0 Å². The molecule has 4 heteroatoms. The quantitative estimate of drug-likeness (QED) is 0.695. The van der Waals surface area contributed by atoms with Crippen molar-refractivity contribution in [3.63, 3.8) is 0 Å². The molecule has 0 fully saturated rings. The summed E-state index contributed by atoms with van der Waals surface area (Å²) in [5, 5.41) is 2.77. The Hall–Kier alpha value is -2.13. The number of hydrogen-bond acceptors (Lipinski definition) is 3. The Labute approximate surface area is 127 Å². The lowest BCUT2D eigenvalue weighted by Gasteiger charge is -2.26. The fourth-order valence-corrected chi connectivity index (χ4v) is 2.73. The van der Waals surface area contributed by atoms with E-state index < -0.39 is 5.24 Å². The summed E-state index contributed by atoms with van der Waals surface area (Å²) in [6, 6.07) is 14.3. The fourth-order valence-electron chi connectivity index (χ4n) is 2.60. The molecular weight excluding hydrogens is 286 g/mol. The van der Waals surface area contributed by atoms with E-state index >= 15 is 0 Å². The van der Waals surface area contributed by atoms with Gasteiger partial charge in [0.15, 0.2) is 5.78 Å². The summed E-state index contributed by atoms with van der Waals surface area (Å²) in [4.78, 5) is 23.5. The van der Waals surface area contributed by atoms with E-state index in [0.29, 0.717) is 11.1 Å². The van der Waals surface area contributed by atoms with E-state index in [0.717, 1.165) is 18.5 Å². The van der Waals surface area contributed by atoms with Crippen LogP contribution in [0.3, 0.4) is 0 Å². The Bertz CT molecular complexity index is 694. The van der Waals surface area contributed by atoms with Crippen molar-refractivity contribution in [2.45, 2.75) is 18.9 Å². The monoisotopic (exact) mass is 299 g/mol. The Kier molecular flexibility index (Phi) is 3.76. The van der Waals surface area contributed by atoms with E-state index in [-0.39, 0.29) is 11.8 Å². The van der Waals surface area contributed by atoms with Crippen LogP contribution in [0.1, 0.15) is 32.7 Å². The highest BCUT2D eigenvalue weighted by atomic mass is 35.5. The van der Waals surface area contributed by atoms with Crippen LogP contribution >= 0.6 is 11.6 Å². The summed E-state index contributed by atoms with van der Waals surface area (Å²) in [5.41, 5.74) is 3.25. The molecule has 0 aliphatic carbocycles. The second kappa shape index (κ2) is 5.70.